The van der Waals surface area contributed by atoms with Gasteiger partial charge in [-0.25, -0.2) is 8.42 Å². The highest BCUT2D eigenvalue weighted by Gasteiger charge is 2.19. The minimum atomic E-state index is -2.91. The summed E-state index contributed by atoms with van der Waals surface area (Å²) in [5.41, 5.74) is -0.770. The molecule has 98 valence electrons. The smallest absolute Gasteiger partial charge is 0.151 e. The fourth-order valence-corrected chi connectivity index (χ4v) is 3.37. The van der Waals surface area contributed by atoms with E-state index in [1.807, 2.05) is 13.2 Å². The van der Waals surface area contributed by atoms with E-state index in [1.165, 1.54) is 0 Å². The molecule has 0 rings (SSSR count). The van der Waals surface area contributed by atoms with Crippen LogP contribution in [-0.4, -0.2) is 55.7 Å². The van der Waals surface area contributed by atoms with Gasteiger partial charge in [-0.3, -0.25) is 0 Å². The van der Waals surface area contributed by atoms with Crippen molar-refractivity contribution in [2.75, 3.05) is 36.6 Å². The zero-order valence-electron chi connectivity index (χ0n) is 10.3. The summed E-state index contributed by atoms with van der Waals surface area (Å²) in [6.07, 6.45) is 2.59. The van der Waals surface area contributed by atoms with Crippen LogP contribution >= 0.6 is 11.8 Å². The van der Waals surface area contributed by atoms with Gasteiger partial charge in [0.05, 0.1) is 11.4 Å². The van der Waals surface area contributed by atoms with Gasteiger partial charge in [0.1, 0.15) is 0 Å². The monoisotopic (exact) mass is 269 g/mol. The van der Waals surface area contributed by atoms with Crippen molar-refractivity contribution in [3.8, 4) is 0 Å². The molecular formula is C10H23NO3S2. The lowest BCUT2D eigenvalue weighted by molar-refractivity contribution is 0.0856. The molecule has 0 amide bonds. The molecule has 1 atom stereocenters. The fraction of sp³-hybridized carbons (Fsp3) is 1.00. The topological polar surface area (TPSA) is 66.4 Å². The molecule has 16 heavy (non-hydrogen) atoms. The third-order valence-electron chi connectivity index (χ3n) is 2.07. The summed E-state index contributed by atoms with van der Waals surface area (Å²) in [5, 5.41) is 12.8. The Balaban J connectivity index is 3.76. The quantitative estimate of drug-likeness (QED) is 0.597. The number of hydrogen-bond donors (Lipinski definition) is 2. The van der Waals surface area contributed by atoms with Crippen molar-refractivity contribution in [3.05, 3.63) is 0 Å². The van der Waals surface area contributed by atoms with Crippen molar-refractivity contribution >= 4 is 21.6 Å². The second-order valence-corrected chi connectivity index (χ2v) is 7.43. The van der Waals surface area contributed by atoms with Crippen LogP contribution < -0.4 is 5.32 Å². The normalized spacial score (nSPS) is 16.0. The van der Waals surface area contributed by atoms with E-state index in [-0.39, 0.29) is 11.5 Å². The number of hydrogen-bond acceptors (Lipinski definition) is 5. The lowest BCUT2D eigenvalue weighted by atomic mass is 10.1. The van der Waals surface area contributed by atoms with Gasteiger partial charge >= 0.3 is 0 Å². The molecule has 0 bridgehead atoms. The first-order valence-corrected chi connectivity index (χ1v) is 8.67. The van der Waals surface area contributed by atoms with Gasteiger partial charge in [-0.1, -0.05) is 6.92 Å². The first-order valence-electron chi connectivity index (χ1n) is 5.45. The van der Waals surface area contributed by atoms with Crippen molar-refractivity contribution in [2.45, 2.75) is 25.9 Å². The molecule has 4 nitrogen and oxygen atoms in total. The Labute approximate surface area is 103 Å². The summed E-state index contributed by atoms with van der Waals surface area (Å²) in [6, 6.07) is 0. The molecular weight excluding hydrogens is 246 g/mol. The Morgan fingerprint density at radius 3 is 2.50 bits per heavy atom. The van der Waals surface area contributed by atoms with Crippen LogP contribution in [0.4, 0.5) is 0 Å². The molecule has 0 aliphatic carbocycles. The van der Waals surface area contributed by atoms with Crippen LogP contribution in [0.5, 0.6) is 0 Å². The van der Waals surface area contributed by atoms with Crippen LogP contribution in [0.3, 0.4) is 0 Å². The van der Waals surface area contributed by atoms with Gasteiger partial charge in [0, 0.05) is 24.6 Å². The predicted molar refractivity (Wildman–Crippen MR) is 70.8 cm³/mol. The van der Waals surface area contributed by atoms with Crippen LogP contribution in [0.15, 0.2) is 0 Å². The van der Waals surface area contributed by atoms with Gasteiger partial charge in [0.15, 0.2) is 9.84 Å². The van der Waals surface area contributed by atoms with Crippen LogP contribution in [0, 0.1) is 0 Å². The van der Waals surface area contributed by atoms with E-state index in [0.717, 1.165) is 0 Å². The van der Waals surface area contributed by atoms with E-state index in [1.54, 1.807) is 18.7 Å². The van der Waals surface area contributed by atoms with Gasteiger partial charge in [-0.2, -0.15) is 11.8 Å². The number of thioether (sulfide) groups is 1. The van der Waals surface area contributed by atoms with Gasteiger partial charge in [-0.15, -0.1) is 0 Å². The minimum Gasteiger partial charge on any atom is -0.388 e. The zero-order valence-corrected chi connectivity index (χ0v) is 12.0. The van der Waals surface area contributed by atoms with Crippen molar-refractivity contribution < 1.29 is 13.5 Å². The highest BCUT2D eigenvalue weighted by Crippen LogP contribution is 2.08. The van der Waals surface area contributed by atoms with E-state index in [9.17, 15) is 13.5 Å². The Morgan fingerprint density at radius 1 is 1.38 bits per heavy atom. The fourth-order valence-electron chi connectivity index (χ4n) is 1.36. The Kier molecular flexibility index (Phi) is 7.63. The molecule has 0 saturated heterocycles. The van der Waals surface area contributed by atoms with Crippen LogP contribution in [0.25, 0.3) is 0 Å². The molecule has 0 heterocycles. The molecule has 2 N–H and O–H groups in total. The van der Waals surface area contributed by atoms with Crippen LogP contribution in [0.1, 0.15) is 20.3 Å². The third-order valence-corrected chi connectivity index (χ3v) is 4.83. The van der Waals surface area contributed by atoms with E-state index >= 15 is 0 Å². The van der Waals surface area contributed by atoms with Gasteiger partial charge in [-0.05, 0) is 19.6 Å². The lowest BCUT2D eigenvalue weighted by Crippen LogP contribution is -2.41. The number of aliphatic hydroxyl groups is 1. The summed E-state index contributed by atoms with van der Waals surface area (Å²) in [7, 11) is -2.91. The standard InChI is InChI=1S/C10H23NO3S2/c1-4-6-16(13,14)7-5-11-8-10(2,12)9-15-3/h11-12H,4-9H2,1-3H3. The van der Waals surface area contributed by atoms with E-state index < -0.39 is 15.4 Å². The van der Waals surface area contributed by atoms with E-state index in [4.69, 9.17) is 0 Å². The number of sulfone groups is 1. The molecule has 0 aromatic rings. The number of nitrogens with one attached hydrogen (secondary N) is 1. The third kappa shape index (κ3) is 8.38. The average molecular weight is 269 g/mol. The predicted octanol–water partition coefficient (Wildman–Crippen LogP) is 0.515. The summed E-state index contributed by atoms with van der Waals surface area (Å²) < 4.78 is 22.7. The maximum atomic E-state index is 11.4. The Morgan fingerprint density at radius 2 is 2.00 bits per heavy atom. The van der Waals surface area contributed by atoms with Crippen molar-refractivity contribution in [3.63, 3.8) is 0 Å². The van der Waals surface area contributed by atoms with Crippen LogP contribution in [-0.2, 0) is 9.84 Å². The number of rotatable bonds is 9. The summed E-state index contributed by atoms with van der Waals surface area (Å²) >= 11 is 1.57. The summed E-state index contributed by atoms with van der Waals surface area (Å²) in [4.78, 5) is 0. The maximum Gasteiger partial charge on any atom is 0.151 e. The largest absolute Gasteiger partial charge is 0.388 e. The van der Waals surface area contributed by atoms with Crippen molar-refractivity contribution in [1.29, 1.82) is 0 Å². The Bertz CT molecular complexity index is 276. The highest BCUT2D eigenvalue weighted by atomic mass is 32.2. The second kappa shape index (κ2) is 7.53. The summed E-state index contributed by atoms with van der Waals surface area (Å²) in [6.45, 7) is 4.44. The first-order chi connectivity index (χ1) is 7.33. The molecule has 0 radical (unpaired) electrons. The van der Waals surface area contributed by atoms with Gasteiger partial charge < -0.3 is 10.4 Å². The lowest BCUT2D eigenvalue weighted by Gasteiger charge is -2.22. The van der Waals surface area contributed by atoms with E-state index in [2.05, 4.69) is 5.32 Å². The van der Waals surface area contributed by atoms with E-state index in [0.29, 0.717) is 25.3 Å². The molecule has 0 fully saturated rings. The molecule has 1 unspecified atom stereocenters. The first kappa shape index (κ1) is 16.2. The van der Waals surface area contributed by atoms with Crippen LogP contribution in [0.2, 0.25) is 0 Å². The molecule has 0 aromatic carbocycles. The second-order valence-electron chi connectivity index (χ2n) is 4.26. The SMILES string of the molecule is CCCS(=O)(=O)CCNCC(C)(O)CSC. The minimum absolute atomic E-state index is 0.149. The average Bonchev–Trinajstić information content (AvgIpc) is 2.12. The molecule has 0 aliphatic rings. The highest BCUT2D eigenvalue weighted by molar-refractivity contribution is 7.98. The summed E-state index contributed by atoms with van der Waals surface area (Å²) in [5.74, 6) is 1.04. The van der Waals surface area contributed by atoms with Crippen molar-refractivity contribution in [2.24, 2.45) is 0 Å². The molecule has 6 heteroatoms. The maximum absolute atomic E-state index is 11.4. The molecule has 0 saturated carbocycles. The molecule has 0 aromatic heterocycles. The zero-order chi connectivity index (χ0) is 12.7. The van der Waals surface area contributed by atoms with Crippen molar-refractivity contribution in [1.82, 2.24) is 5.32 Å². The molecule has 0 aliphatic heterocycles. The van der Waals surface area contributed by atoms with Gasteiger partial charge in [0.25, 0.3) is 0 Å². The molecule has 0 spiro atoms. The van der Waals surface area contributed by atoms with Gasteiger partial charge in [0.2, 0.25) is 0 Å². The Hall–Kier alpha value is 0.220.